The van der Waals surface area contributed by atoms with Crippen molar-refractivity contribution >= 4 is 17.7 Å². The molecule has 0 bridgehead atoms. The summed E-state index contributed by atoms with van der Waals surface area (Å²) in [6, 6.07) is 0. The van der Waals surface area contributed by atoms with Crippen molar-refractivity contribution in [2.45, 2.75) is 98.8 Å². The molecule has 0 radical (unpaired) electrons. The zero-order valence-electron chi connectivity index (χ0n) is 21.5. The third-order valence-corrected chi connectivity index (χ3v) is 5.54. The minimum Gasteiger partial charge on any atom is -0.330 e. The van der Waals surface area contributed by atoms with Gasteiger partial charge in [-0.1, -0.05) is 76.3 Å². The van der Waals surface area contributed by atoms with Gasteiger partial charge in [-0.05, 0) is 82.6 Å². The van der Waals surface area contributed by atoms with Crippen molar-refractivity contribution in [2.24, 2.45) is 5.73 Å². The van der Waals surface area contributed by atoms with E-state index in [0.29, 0.717) is 6.42 Å². The molecule has 0 rings (SSSR count). The lowest BCUT2D eigenvalue weighted by atomic mass is 10.2. The van der Waals surface area contributed by atoms with Gasteiger partial charge in [0.15, 0.2) is 0 Å². The molecule has 4 heteroatoms. The summed E-state index contributed by atoms with van der Waals surface area (Å²) in [7, 11) is 0. The third-order valence-electron chi connectivity index (χ3n) is 4.57. The van der Waals surface area contributed by atoms with Crippen molar-refractivity contribution in [3.63, 3.8) is 0 Å². The lowest BCUT2D eigenvalue weighted by Crippen LogP contribution is -2.22. The van der Waals surface area contributed by atoms with Crippen molar-refractivity contribution in [3.8, 4) is 0 Å². The first-order valence-electron chi connectivity index (χ1n) is 12.5. The van der Waals surface area contributed by atoms with Crippen LogP contribution in [0.5, 0.6) is 0 Å². The number of hydrogen-bond acceptors (Lipinski definition) is 3. The SMILES string of the molecule is C/C=C\C/C=C\C/C=C\C/C=C\CCCCN.CCCC(=O)NC(SCC)=C(CC)CC. The van der Waals surface area contributed by atoms with E-state index in [1.165, 1.54) is 12.0 Å². The molecule has 3 nitrogen and oxygen atoms in total. The maximum atomic E-state index is 11.5. The molecule has 0 aliphatic heterocycles. The van der Waals surface area contributed by atoms with Crippen LogP contribution in [0.1, 0.15) is 98.8 Å². The third kappa shape index (κ3) is 23.1. The van der Waals surface area contributed by atoms with Crippen molar-refractivity contribution in [1.82, 2.24) is 5.32 Å². The van der Waals surface area contributed by atoms with E-state index in [1.807, 2.05) is 13.8 Å². The Bertz CT molecular complexity index is 568. The molecule has 0 aromatic heterocycles. The minimum atomic E-state index is 0.146. The summed E-state index contributed by atoms with van der Waals surface area (Å²) in [6.45, 7) is 11.3. The van der Waals surface area contributed by atoms with Gasteiger partial charge in [-0.25, -0.2) is 0 Å². The number of nitrogens with one attached hydrogen (secondary N) is 1. The predicted octanol–water partition coefficient (Wildman–Crippen LogP) is 8.22. The fraction of sp³-hybridized carbons (Fsp3) is 0.607. The van der Waals surface area contributed by atoms with Crippen LogP contribution in [0.2, 0.25) is 0 Å². The zero-order chi connectivity index (χ0) is 24.3. The van der Waals surface area contributed by atoms with Gasteiger partial charge in [0.2, 0.25) is 5.91 Å². The predicted molar refractivity (Wildman–Crippen MR) is 148 cm³/mol. The molecule has 0 atom stereocenters. The van der Waals surface area contributed by atoms with E-state index < -0.39 is 0 Å². The Balaban J connectivity index is 0. The summed E-state index contributed by atoms with van der Waals surface area (Å²) in [4.78, 5) is 11.5. The quantitative estimate of drug-likeness (QED) is 0.169. The van der Waals surface area contributed by atoms with E-state index >= 15 is 0 Å². The fourth-order valence-corrected chi connectivity index (χ4v) is 3.70. The number of thioether (sulfide) groups is 1. The maximum Gasteiger partial charge on any atom is 0.224 e. The number of carbonyl (C=O) groups excluding carboxylic acids is 1. The zero-order valence-corrected chi connectivity index (χ0v) is 22.3. The second-order valence-electron chi connectivity index (χ2n) is 7.35. The van der Waals surface area contributed by atoms with Crippen LogP contribution in [0.4, 0.5) is 0 Å². The van der Waals surface area contributed by atoms with Crippen LogP contribution in [0.15, 0.2) is 59.2 Å². The van der Waals surface area contributed by atoms with E-state index in [1.54, 1.807) is 11.8 Å². The minimum absolute atomic E-state index is 0.146. The number of rotatable bonds is 17. The van der Waals surface area contributed by atoms with Crippen LogP contribution < -0.4 is 11.1 Å². The molecule has 0 aromatic carbocycles. The molecule has 0 unspecified atom stereocenters. The van der Waals surface area contributed by atoms with E-state index in [9.17, 15) is 4.79 Å². The van der Waals surface area contributed by atoms with Crippen LogP contribution in [0.3, 0.4) is 0 Å². The summed E-state index contributed by atoms with van der Waals surface area (Å²) < 4.78 is 0. The van der Waals surface area contributed by atoms with E-state index in [4.69, 9.17) is 5.73 Å². The first-order valence-corrected chi connectivity index (χ1v) is 13.5. The Hall–Kier alpha value is -1.52. The largest absolute Gasteiger partial charge is 0.330 e. The molecule has 0 saturated heterocycles. The standard InChI is InChI=1S/C16H27N.C12H23NOS/c1-2-3-4-5-6-7-8-9-10-11-12-13-14-15-16-17;1-5-9-11(14)13-12(15-8-4)10(6-2)7-3/h2-3,5-6,8-9,11-12H,4,7,10,13-17H2,1H3;5-9H2,1-4H3,(H,13,14)/b3-2-,6-5-,9-8-,12-11-;. The second-order valence-corrected chi connectivity index (χ2v) is 8.62. The Morgan fingerprint density at radius 1 is 0.844 bits per heavy atom. The van der Waals surface area contributed by atoms with Crippen LogP contribution in [0.25, 0.3) is 0 Å². The Kier molecular flexibility index (Phi) is 28.1. The highest BCUT2D eigenvalue weighted by Crippen LogP contribution is 2.21. The lowest BCUT2D eigenvalue weighted by molar-refractivity contribution is -0.120. The first-order chi connectivity index (χ1) is 15.6. The average molecular weight is 463 g/mol. The summed E-state index contributed by atoms with van der Waals surface area (Å²) in [5.41, 5.74) is 6.77. The van der Waals surface area contributed by atoms with Gasteiger partial charge in [0, 0.05) is 6.42 Å². The highest BCUT2D eigenvalue weighted by molar-refractivity contribution is 8.03. The molecule has 0 aromatic rings. The molecular weight excluding hydrogens is 412 g/mol. The molecule has 0 spiro atoms. The molecule has 3 N–H and O–H groups in total. The average Bonchev–Trinajstić information content (AvgIpc) is 2.78. The molecule has 184 valence electrons. The topological polar surface area (TPSA) is 55.1 Å². The van der Waals surface area contributed by atoms with Crippen LogP contribution in [-0.4, -0.2) is 18.2 Å². The number of nitrogens with two attached hydrogens (primary N) is 1. The molecule has 0 aliphatic rings. The first kappa shape index (κ1) is 32.7. The number of allylic oxidation sites excluding steroid dienone is 9. The van der Waals surface area contributed by atoms with E-state index in [0.717, 1.165) is 68.7 Å². The summed E-state index contributed by atoms with van der Waals surface area (Å²) in [6.07, 6.45) is 27.8. The van der Waals surface area contributed by atoms with Gasteiger partial charge in [-0.2, -0.15) is 0 Å². The van der Waals surface area contributed by atoms with Crippen molar-refractivity contribution in [3.05, 3.63) is 59.2 Å². The van der Waals surface area contributed by atoms with Gasteiger partial charge in [-0.3, -0.25) is 4.79 Å². The lowest BCUT2D eigenvalue weighted by Gasteiger charge is -2.13. The Morgan fingerprint density at radius 3 is 1.88 bits per heavy atom. The maximum absolute atomic E-state index is 11.5. The summed E-state index contributed by atoms with van der Waals surface area (Å²) >= 11 is 1.74. The number of carbonyl (C=O) groups is 1. The Labute approximate surface area is 203 Å². The van der Waals surface area contributed by atoms with Crippen LogP contribution >= 0.6 is 11.8 Å². The van der Waals surface area contributed by atoms with Gasteiger partial charge in [-0.15, -0.1) is 11.8 Å². The van der Waals surface area contributed by atoms with Gasteiger partial charge >= 0.3 is 0 Å². The molecule has 32 heavy (non-hydrogen) atoms. The monoisotopic (exact) mass is 462 g/mol. The second kappa shape index (κ2) is 27.5. The fourth-order valence-electron chi connectivity index (χ4n) is 2.74. The molecule has 0 fully saturated rings. The van der Waals surface area contributed by atoms with E-state index in [-0.39, 0.29) is 5.91 Å². The number of hydrogen-bond donors (Lipinski definition) is 2. The molecule has 1 amide bonds. The van der Waals surface area contributed by atoms with Crippen molar-refractivity contribution < 1.29 is 4.79 Å². The van der Waals surface area contributed by atoms with Crippen LogP contribution in [0, 0.1) is 0 Å². The number of unbranched alkanes of at least 4 members (excludes halogenated alkanes) is 2. The van der Waals surface area contributed by atoms with Crippen molar-refractivity contribution in [2.75, 3.05) is 12.3 Å². The smallest absolute Gasteiger partial charge is 0.224 e. The van der Waals surface area contributed by atoms with Gasteiger partial charge in [0.25, 0.3) is 0 Å². The molecule has 0 aliphatic carbocycles. The highest BCUT2D eigenvalue weighted by Gasteiger charge is 2.07. The number of amides is 1. The van der Waals surface area contributed by atoms with Gasteiger partial charge in [0.1, 0.15) is 0 Å². The highest BCUT2D eigenvalue weighted by atomic mass is 32.2. The molecule has 0 saturated carbocycles. The van der Waals surface area contributed by atoms with Gasteiger partial charge < -0.3 is 11.1 Å². The Morgan fingerprint density at radius 2 is 1.41 bits per heavy atom. The summed E-state index contributed by atoms with van der Waals surface area (Å²) in [5.74, 6) is 1.15. The van der Waals surface area contributed by atoms with Crippen molar-refractivity contribution in [1.29, 1.82) is 0 Å². The molecular formula is C28H50N2OS. The van der Waals surface area contributed by atoms with E-state index in [2.05, 4.69) is 74.7 Å². The summed E-state index contributed by atoms with van der Waals surface area (Å²) in [5, 5.41) is 4.11. The van der Waals surface area contributed by atoms with Crippen LogP contribution in [-0.2, 0) is 4.79 Å². The van der Waals surface area contributed by atoms with Gasteiger partial charge in [0.05, 0.1) is 5.03 Å². The normalized spacial score (nSPS) is 11.4. The molecule has 0 heterocycles.